The van der Waals surface area contributed by atoms with Crippen molar-refractivity contribution in [2.24, 2.45) is 4.99 Å². The van der Waals surface area contributed by atoms with Gasteiger partial charge in [-0.3, -0.25) is 9.69 Å². The van der Waals surface area contributed by atoms with Crippen LogP contribution < -0.4 is 16.0 Å². The molecule has 1 amide bonds. The summed E-state index contributed by atoms with van der Waals surface area (Å²) in [6.07, 6.45) is -0.737. The van der Waals surface area contributed by atoms with E-state index >= 15 is 0 Å². The first kappa shape index (κ1) is 24.2. The predicted molar refractivity (Wildman–Crippen MR) is 105 cm³/mol. The Hall–Kier alpha value is -0.750. The molecule has 0 aromatic rings. The Balaban J connectivity index is 0.00000576. The number of hydrogen-bond donors (Lipinski definition) is 3. The highest BCUT2D eigenvalue weighted by molar-refractivity contribution is 14.0. The van der Waals surface area contributed by atoms with Crippen molar-refractivity contribution in [2.75, 3.05) is 53.0 Å². The number of amides is 1. The lowest BCUT2D eigenvalue weighted by Gasteiger charge is -2.32. The van der Waals surface area contributed by atoms with E-state index < -0.39 is 6.43 Å². The molecule has 0 spiro atoms. The van der Waals surface area contributed by atoms with Gasteiger partial charge >= 0.3 is 0 Å². The molecule has 0 aromatic heterocycles. The van der Waals surface area contributed by atoms with Gasteiger partial charge in [0.15, 0.2) is 5.96 Å². The number of ether oxygens (including phenoxy) is 1. The topological polar surface area (TPSA) is 78.0 Å². The normalized spacial score (nSPS) is 16.4. The molecule has 10 heteroatoms. The molecular formula is C15H30F2IN5O2. The quantitative estimate of drug-likeness (QED) is 0.197. The fourth-order valence-corrected chi connectivity index (χ4v) is 2.47. The molecular weight excluding hydrogens is 447 g/mol. The smallest absolute Gasteiger partial charge is 0.251 e. The second-order valence-electron chi connectivity index (χ2n) is 5.65. The van der Waals surface area contributed by atoms with Gasteiger partial charge in [-0.2, -0.15) is 0 Å². The number of guanidine groups is 1. The van der Waals surface area contributed by atoms with E-state index in [0.717, 1.165) is 12.8 Å². The summed E-state index contributed by atoms with van der Waals surface area (Å²) in [7, 11) is 1.57. The zero-order chi connectivity index (χ0) is 17.8. The Bertz CT molecular complexity index is 394. The SMILES string of the molecule is CCNC(=NCC(=O)NCCOC)NC1CCN(CC(F)F)CC1.I. The largest absolute Gasteiger partial charge is 0.383 e. The van der Waals surface area contributed by atoms with Gasteiger partial charge in [0.25, 0.3) is 6.43 Å². The Morgan fingerprint density at radius 2 is 2.00 bits per heavy atom. The van der Waals surface area contributed by atoms with Gasteiger partial charge in [0.2, 0.25) is 5.91 Å². The third kappa shape index (κ3) is 11.5. The number of nitrogens with one attached hydrogen (secondary N) is 3. The van der Waals surface area contributed by atoms with Crippen LogP contribution in [0.25, 0.3) is 0 Å². The predicted octanol–water partition coefficient (Wildman–Crippen LogP) is 0.652. The number of carbonyl (C=O) groups is 1. The van der Waals surface area contributed by atoms with Crippen LogP contribution in [0.3, 0.4) is 0 Å². The molecule has 1 rings (SSSR count). The molecule has 1 fully saturated rings. The van der Waals surface area contributed by atoms with Gasteiger partial charge in [0.05, 0.1) is 13.2 Å². The molecule has 0 saturated carbocycles. The van der Waals surface area contributed by atoms with Gasteiger partial charge in [-0.1, -0.05) is 0 Å². The fourth-order valence-electron chi connectivity index (χ4n) is 2.47. The first-order valence-corrected chi connectivity index (χ1v) is 8.36. The summed E-state index contributed by atoms with van der Waals surface area (Å²) in [5, 5.41) is 9.07. The summed E-state index contributed by atoms with van der Waals surface area (Å²) >= 11 is 0. The molecule has 0 unspecified atom stereocenters. The minimum atomic E-state index is -2.29. The second-order valence-corrected chi connectivity index (χ2v) is 5.65. The van der Waals surface area contributed by atoms with E-state index in [4.69, 9.17) is 4.74 Å². The van der Waals surface area contributed by atoms with Crippen molar-refractivity contribution >= 4 is 35.8 Å². The van der Waals surface area contributed by atoms with E-state index in [0.29, 0.717) is 38.7 Å². The number of hydrogen-bond acceptors (Lipinski definition) is 4. The van der Waals surface area contributed by atoms with Crippen LogP contribution in [0.1, 0.15) is 19.8 Å². The molecule has 0 aromatic carbocycles. The zero-order valence-corrected chi connectivity index (χ0v) is 17.2. The Labute approximate surface area is 165 Å². The molecule has 3 N–H and O–H groups in total. The first-order valence-electron chi connectivity index (χ1n) is 8.36. The summed E-state index contributed by atoms with van der Waals surface area (Å²) in [5.74, 6) is 0.405. The lowest BCUT2D eigenvalue weighted by Crippen LogP contribution is -2.49. The summed E-state index contributed by atoms with van der Waals surface area (Å²) in [5.41, 5.74) is 0. The zero-order valence-electron chi connectivity index (χ0n) is 14.9. The number of likely N-dealkylation sites (tertiary alicyclic amines) is 1. The Morgan fingerprint density at radius 1 is 1.32 bits per heavy atom. The summed E-state index contributed by atoms with van der Waals surface area (Å²) in [4.78, 5) is 17.7. The summed E-state index contributed by atoms with van der Waals surface area (Å²) in [6.45, 7) is 4.69. The van der Waals surface area contributed by atoms with Gasteiger partial charge in [-0.05, 0) is 19.8 Å². The highest BCUT2D eigenvalue weighted by Crippen LogP contribution is 2.11. The van der Waals surface area contributed by atoms with E-state index in [1.807, 2.05) is 6.92 Å². The number of aliphatic imine (C=N–C) groups is 1. The van der Waals surface area contributed by atoms with Crippen LogP contribution in [0, 0.1) is 0 Å². The van der Waals surface area contributed by atoms with Crippen molar-refractivity contribution in [1.82, 2.24) is 20.9 Å². The van der Waals surface area contributed by atoms with Gasteiger partial charge in [0.1, 0.15) is 6.54 Å². The van der Waals surface area contributed by atoms with Gasteiger partial charge < -0.3 is 20.7 Å². The van der Waals surface area contributed by atoms with Crippen LogP contribution in [-0.2, 0) is 9.53 Å². The molecule has 1 saturated heterocycles. The lowest BCUT2D eigenvalue weighted by molar-refractivity contribution is -0.119. The number of carbonyl (C=O) groups excluding carboxylic acids is 1. The number of alkyl halides is 2. The van der Waals surface area contributed by atoms with Gasteiger partial charge in [0, 0.05) is 39.3 Å². The standard InChI is InChI=1S/C15H29F2N5O2.HI/c1-3-18-15(20-10-14(23)19-6-9-24-2)21-12-4-7-22(8-5-12)11-13(16)17;/h12-13H,3-11H2,1-2H3,(H,19,23)(H2,18,20,21);1H. The van der Waals surface area contributed by atoms with Crippen LogP contribution in [0.2, 0.25) is 0 Å². The Kier molecular flexibility index (Phi) is 14.0. The highest BCUT2D eigenvalue weighted by Gasteiger charge is 2.21. The van der Waals surface area contributed by atoms with Crippen molar-refractivity contribution < 1.29 is 18.3 Å². The maximum Gasteiger partial charge on any atom is 0.251 e. The molecule has 7 nitrogen and oxygen atoms in total. The molecule has 1 aliphatic rings. The Morgan fingerprint density at radius 3 is 2.56 bits per heavy atom. The van der Waals surface area contributed by atoms with E-state index in [9.17, 15) is 13.6 Å². The second kappa shape index (κ2) is 14.4. The summed E-state index contributed by atoms with van der Waals surface area (Å²) < 4.78 is 29.6. The van der Waals surface area contributed by atoms with E-state index in [2.05, 4.69) is 20.9 Å². The molecule has 1 heterocycles. The first-order chi connectivity index (χ1) is 11.5. The van der Waals surface area contributed by atoms with Crippen molar-refractivity contribution in [3.05, 3.63) is 0 Å². The number of nitrogens with zero attached hydrogens (tertiary/aromatic N) is 2. The molecule has 0 aliphatic carbocycles. The van der Waals surface area contributed by atoms with E-state index in [1.54, 1.807) is 12.0 Å². The van der Waals surface area contributed by atoms with Crippen molar-refractivity contribution in [2.45, 2.75) is 32.2 Å². The van der Waals surface area contributed by atoms with E-state index in [1.165, 1.54) is 0 Å². The maximum absolute atomic E-state index is 12.4. The minimum Gasteiger partial charge on any atom is -0.383 e. The number of methoxy groups -OCH3 is 1. The minimum absolute atomic E-state index is 0. The molecule has 148 valence electrons. The third-order valence-corrected chi connectivity index (χ3v) is 3.68. The molecule has 0 bridgehead atoms. The maximum atomic E-state index is 12.4. The van der Waals surface area contributed by atoms with E-state index in [-0.39, 0.29) is 49.0 Å². The van der Waals surface area contributed by atoms with Gasteiger partial charge in [-0.15, -0.1) is 24.0 Å². The molecule has 0 atom stereocenters. The average molecular weight is 477 g/mol. The molecule has 25 heavy (non-hydrogen) atoms. The van der Waals surface area contributed by atoms with Crippen LogP contribution >= 0.6 is 24.0 Å². The number of rotatable bonds is 9. The lowest BCUT2D eigenvalue weighted by atomic mass is 10.1. The van der Waals surface area contributed by atoms with Crippen molar-refractivity contribution in [3.63, 3.8) is 0 Å². The van der Waals surface area contributed by atoms with Crippen molar-refractivity contribution in [3.8, 4) is 0 Å². The highest BCUT2D eigenvalue weighted by atomic mass is 127. The average Bonchev–Trinajstić information content (AvgIpc) is 2.54. The number of piperidine rings is 1. The third-order valence-electron chi connectivity index (χ3n) is 3.68. The number of halogens is 3. The monoisotopic (exact) mass is 477 g/mol. The van der Waals surface area contributed by atoms with Crippen LogP contribution in [0.15, 0.2) is 4.99 Å². The fraction of sp³-hybridized carbons (Fsp3) is 0.867. The van der Waals surface area contributed by atoms with Crippen LogP contribution in [0.4, 0.5) is 8.78 Å². The van der Waals surface area contributed by atoms with Crippen LogP contribution in [0.5, 0.6) is 0 Å². The van der Waals surface area contributed by atoms with Gasteiger partial charge in [-0.25, -0.2) is 13.8 Å². The van der Waals surface area contributed by atoms with Crippen molar-refractivity contribution in [1.29, 1.82) is 0 Å². The molecule has 1 aliphatic heterocycles. The molecule has 0 radical (unpaired) electrons. The van der Waals surface area contributed by atoms with Crippen LogP contribution in [-0.4, -0.2) is 82.2 Å². The summed E-state index contributed by atoms with van der Waals surface area (Å²) in [6, 6.07) is 0.174.